The Labute approximate surface area is 121 Å². The van der Waals surface area contributed by atoms with E-state index in [1.165, 1.54) is 0 Å². The SMILES string of the molecule is Cc1csc(CN2CCc3ccccc3C2C(=O)O)n1. The number of fused-ring (bicyclic) bond motifs is 1. The summed E-state index contributed by atoms with van der Waals surface area (Å²) in [5.41, 5.74) is 3.06. The van der Waals surface area contributed by atoms with Crippen LogP contribution in [0, 0.1) is 6.92 Å². The highest BCUT2D eigenvalue weighted by molar-refractivity contribution is 7.09. The second-order valence-electron chi connectivity index (χ2n) is 5.04. The van der Waals surface area contributed by atoms with Crippen molar-refractivity contribution in [1.29, 1.82) is 0 Å². The molecule has 3 rings (SSSR count). The van der Waals surface area contributed by atoms with Crippen molar-refractivity contribution >= 4 is 17.3 Å². The molecule has 2 aromatic rings. The van der Waals surface area contributed by atoms with Gasteiger partial charge in [0.15, 0.2) is 0 Å². The van der Waals surface area contributed by atoms with E-state index >= 15 is 0 Å². The molecule has 1 unspecified atom stereocenters. The van der Waals surface area contributed by atoms with Crippen molar-refractivity contribution in [3.05, 3.63) is 51.5 Å². The van der Waals surface area contributed by atoms with Gasteiger partial charge in [0.2, 0.25) is 0 Å². The van der Waals surface area contributed by atoms with E-state index in [9.17, 15) is 9.90 Å². The smallest absolute Gasteiger partial charge is 0.325 e. The van der Waals surface area contributed by atoms with Crippen LogP contribution >= 0.6 is 11.3 Å². The summed E-state index contributed by atoms with van der Waals surface area (Å²) in [5, 5.41) is 12.6. The van der Waals surface area contributed by atoms with Crippen LogP contribution in [-0.4, -0.2) is 27.5 Å². The highest BCUT2D eigenvalue weighted by Crippen LogP contribution is 2.31. The van der Waals surface area contributed by atoms with Crippen molar-refractivity contribution in [3.63, 3.8) is 0 Å². The van der Waals surface area contributed by atoms with Gasteiger partial charge in [0, 0.05) is 17.6 Å². The van der Waals surface area contributed by atoms with Gasteiger partial charge in [-0.3, -0.25) is 9.69 Å². The lowest BCUT2D eigenvalue weighted by Crippen LogP contribution is -2.39. The molecule has 1 aliphatic heterocycles. The number of aromatic nitrogens is 1. The normalized spacial score (nSPS) is 18.8. The predicted octanol–water partition coefficient (Wildman–Crippen LogP) is 2.64. The quantitative estimate of drug-likeness (QED) is 0.943. The Bertz CT molecular complexity index is 638. The summed E-state index contributed by atoms with van der Waals surface area (Å²) in [6, 6.07) is 7.26. The topological polar surface area (TPSA) is 53.4 Å². The first kappa shape index (κ1) is 13.3. The van der Waals surface area contributed by atoms with Gasteiger partial charge in [-0.05, 0) is 24.5 Å². The summed E-state index contributed by atoms with van der Waals surface area (Å²) in [7, 11) is 0. The highest BCUT2D eigenvalue weighted by atomic mass is 32.1. The first-order valence-corrected chi connectivity index (χ1v) is 7.49. The maximum Gasteiger partial charge on any atom is 0.325 e. The molecule has 20 heavy (non-hydrogen) atoms. The van der Waals surface area contributed by atoms with Crippen molar-refractivity contribution in [1.82, 2.24) is 9.88 Å². The van der Waals surface area contributed by atoms with E-state index in [1.54, 1.807) is 11.3 Å². The van der Waals surface area contributed by atoms with Gasteiger partial charge in [-0.25, -0.2) is 4.98 Å². The van der Waals surface area contributed by atoms with E-state index in [4.69, 9.17) is 0 Å². The van der Waals surface area contributed by atoms with Crippen molar-refractivity contribution in [3.8, 4) is 0 Å². The van der Waals surface area contributed by atoms with Crippen LogP contribution in [0.3, 0.4) is 0 Å². The Morgan fingerprint density at radius 3 is 3.00 bits per heavy atom. The van der Waals surface area contributed by atoms with Crippen molar-refractivity contribution in [2.45, 2.75) is 25.9 Å². The standard InChI is InChI=1S/C15H16N2O2S/c1-10-9-20-13(16-10)8-17-7-6-11-4-2-3-5-12(11)14(17)15(18)19/h2-5,9,14H,6-8H2,1H3,(H,18,19). The second kappa shape index (κ2) is 5.34. The van der Waals surface area contributed by atoms with E-state index in [0.717, 1.165) is 34.8 Å². The van der Waals surface area contributed by atoms with Gasteiger partial charge in [0.1, 0.15) is 11.0 Å². The van der Waals surface area contributed by atoms with Crippen molar-refractivity contribution in [2.75, 3.05) is 6.54 Å². The molecule has 0 spiro atoms. The Morgan fingerprint density at radius 2 is 2.30 bits per heavy atom. The van der Waals surface area contributed by atoms with Gasteiger partial charge in [-0.1, -0.05) is 24.3 Å². The van der Waals surface area contributed by atoms with Gasteiger partial charge < -0.3 is 5.11 Å². The van der Waals surface area contributed by atoms with E-state index in [1.807, 2.05) is 41.5 Å². The van der Waals surface area contributed by atoms with Gasteiger partial charge in [0.25, 0.3) is 0 Å². The summed E-state index contributed by atoms with van der Waals surface area (Å²) in [6.07, 6.45) is 0.893. The third-order valence-electron chi connectivity index (χ3n) is 3.62. The minimum atomic E-state index is -0.787. The summed E-state index contributed by atoms with van der Waals surface area (Å²) in [6.45, 7) is 3.32. The molecule has 0 aliphatic carbocycles. The molecule has 0 amide bonds. The minimum absolute atomic E-state index is 0.566. The fourth-order valence-electron chi connectivity index (χ4n) is 2.73. The second-order valence-corrected chi connectivity index (χ2v) is 5.99. The molecule has 0 saturated carbocycles. The molecule has 4 nitrogen and oxygen atoms in total. The number of carboxylic acid groups (broad SMARTS) is 1. The number of thiazole rings is 1. The van der Waals surface area contributed by atoms with Crippen LogP contribution < -0.4 is 0 Å². The molecule has 5 heteroatoms. The van der Waals surface area contributed by atoms with Gasteiger partial charge in [-0.15, -0.1) is 11.3 Å². The number of hydrogen-bond acceptors (Lipinski definition) is 4. The van der Waals surface area contributed by atoms with E-state index in [0.29, 0.717) is 6.54 Å². The number of aliphatic carboxylic acids is 1. The van der Waals surface area contributed by atoms with Gasteiger partial charge in [-0.2, -0.15) is 0 Å². The highest BCUT2D eigenvalue weighted by Gasteiger charge is 2.32. The summed E-state index contributed by atoms with van der Waals surface area (Å²) in [5.74, 6) is -0.787. The van der Waals surface area contributed by atoms with Gasteiger partial charge >= 0.3 is 5.97 Å². The van der Waals surface area contributed by atoms with E-state index in [2.05, 4.69) is 4.98 Å². The lowest BCUT2D eigenvalue weighted by atomic mass is 9.92. The molecule has 1 atom stereocenters. The first-order valence-electron chi connectivity index (χ1n) is 6.61. The Morgan fingerprint density at radius 1 is 1.50 bits per heavy atom. The van der Waals surface area contributed by atoms with Crippen LogP contribution in [0.15, 0.2) is 29.6 Å². The average molecular weight is 288 g/mol. The predicted molar refractivity (Wildman–Crippen MR) is 77.8 cm³/mol. The summed E-state index contributed by atoms with van der Waals surface area (Å²) < 4.78 is 0. The maximum absolute atomic E-state index is 11.7. The molecular weight excluding hydrogens is 272 g/mol. The van der Waals surface area contributed by atoms with Crippen LogP contribution in [0.4, 0.5) is 0 Å². The molecule has 1 aliphatic rings. The molecule has 104 valence electrons. The number of carboxylic acids is 1. The van der Waals surface area contributed by atoms with Crippen molar-refractivity contribution < 1.29 is 9.90 Å². The number of rotatable bonds is 3. The number of carbonyl (C=O) groups is 1. The van der Waals surface area contributed by atoms with E-state index in [-0.39, 0.29) is 0 Å². The van der Waals surface area contributed by atoms with Crippen molar-refractivity contribution in [2.24, 2.45) is 0 Å². The van der Waals surface area contributed by atoms with Crippen LogP contribution in [-0.2, 0) is 17.8 Å². The van der Waals surface area contributed by atoms with Crippen LogP contribution in [0.1, 0.15) is 27.9 Å². The zero-order valence-corrected chi connectivity index (χ0v) is 12.1. The number of benzene rings is 1. The zero-order chi connectivity index (χ0) is 14.1. The Kier molecular flexibility index (Phi) is 3.54. The first-order chi connectivity index (χ1) is 9.65. The Balaban J connectivity index is 1.90. The largest absolute Gasteiger partial charge is 0.480 e. The Hall–Kier alpha value is -1.72. The lowest BCUT2D eigenvalue weighted by molar-refractivity contribution is -0.144. The monoisotopic (exact) mass is 288 g/mol. The molecule has 1 aromatic heterocycles. The third kappa shape index (κ3) is 2.46. The van der Waals surface area contributed by atoms with Crippen LogP contribution in [0.25, 0.3) is 0 Å². The molecule has 0 fully saturated rings. The minimum Gasteiger partial charge on any atom is -0.480 e. The molecule has 0 saturated heterocycles. The summed E-state index contributed by atoms with van der Waals surface area (Å²) in [4.78, 5) is 18.1. The third-order valence-corrected chi connectivity index (χ3v) is 4.57. The number of aryl methyl sites for hydroxylation is 1. The van der Waals surface area contributed by atoms with Gasteiger partial charge in [0.05, 0.1) is 6.54 Å². The zero-order valence-electron chi connectivity index (χ0n) is 11.2. The van der Waals surface area contributed by atoms with Crippen LogP contribution in [0.5, 0.6) is 0 Å². The summed E-state index contributed by atoms with van der Waals surface area (Å²) >= 11 is 1.59. The van der Waals surface area contributed by atoms with Crippen LogP contribution in [0.2, 0.25) is 0 Å². The fourth-order valence-corrected chi connectivity index (χ4v) is 3.52. The molecular formula is C15H16N2O2S. The lowest BCUT2D eigenvalue weighted by Gasteiger charge is -2.34. The molecule has 2 heterocycles. The molecule has 1 N–H and O–H groups in total. The van der Waals surface area contributed by atoms with E-state index < -0.39 is 12.0 Å². The number of hydrogen-bond donors (Lipinski definition) is 1. The molecule has 0 bridgehead atoms. The number of nitrogens with zero attached hydrogens (tertiary/aromatic N) is 2. The molecule has 1 aromatic carbocycles. The fraction of sp³-hybridized carbons (Fsp3) is 0.333. The average Bonchev–Trinajstić information content (AvgIpc) is 2.83. The molecule has 0 radical (unpaired) electrons. The maximum atomic E-state index is 11.7.